The van der Waals surface area contributed by atoms with E-state index in [2.05, 4.69) is 50.3 Å². The van der Waals surface area contributed by atoms with Gasteiger partial charge in [-0.3, -0.25) is 9.59 Å². The topological polar surface area (TPSA) is 102 Å². The monoisotopic (exact) mass is 607 g/mol. The number of quaternary nitrogens is 1. The average Bonchev–Trinajstić information content (AvgIpc) is 2.94. The summed E-state index contributed by atoms with van der Waals surface area (Å²) in [5.74, 6) is -1.82. The number of esters is 2. The minimum atomic E-state index is -1.14. The molecule has 0 aromatic rings. The van der Waals surface area contributed by atoms with Crippen LogP contribution in [-0.4, -0.2) is 75.5 Å². The van der Waals surface area contributed by atoms with E-state index < -0.39 is 18.1 Å². The summed E-state index contributed by atoms with van der Waals surface area (Å²) in [5, 5.41) is 11.5. The molecule has 0 aliphatic heterocycles. The zero-order chi connectivity index (χ0) is 32.2. The molecule has 0 aromatic carbocycles. The molecule has 8 nitrogen and oxygen atoms in total. The van der Waals surface area contributed by atoms with Crippen LogP contribution in [0, 0.1) is 0 Å². The summed E-state index contributed by atoms with van der Waals surface area (Å²) in [5.41, 5.74) is 0. The van der Waals surface area contributed by atoms with Gasteiger partial charge in [0.1, 0.15) is 12.6 Å². The number of unbranched alkanes of at least 4 members (excludes halogenated alkanes) is 8. The van der Waals surface area contributed by atoms with Crippen LogP contribution in [0.15, 0.2) is 36.5 Å². The highest BCUT2D eigenvalue weighted by Crippen LogP contribution is 2.11. The van der Waals surface area contributed by atoms with E-state index in [1.165, 1.54) is 32.1 Å². The number of aliphatic carboxylic acids is 1. The first-order valence-electron chi connectivity index (χ1n) is 16.5. The van der Waals surface area contributed by atoms with E-state index in [9.17, 15) is 19.5 Å². The number of carbonyl (C=O) groups is 3. The maximum Gasteiger partial charge on any atom is 0.306 e. The van der Waals surface area contributed by atoms with Crippen molar-refractivity contribution in [2.24, 2.45) is 0 Å². The van der Waals surface area contributed by atoms with Gasteiger partial charge in [0.2, 0.25) is 0 Å². The van der Waals surface area contributed by atoms with Gasteiger partial charge in [0.25, 0.3) is 0 Å². The Bertz CT molecular complexity index is 813. The fourth-order valence-electron chi connectivity index (χ4n) is 4.44. The van der Waals surface area contributed by atoms with Gasteiger partial charge in [-0.2, -0.15) is 0 Å². The Morgan fingerprint density at radius 1 is 0.721 bits per heavy atom. The number of rotatable bonds is 28. The molecule has 0 heterocycles. The van der Waals surface area contributed by atoms with Gasteiger partial charge in [-0.1, -0.05) is 95.2 Å². The van der Waals surface area contributed by atoms with Crippen molar-refractivity contribution in [2.75, 3.05) is 41.0 Å². The number of ether oxygens (including phenoxy) is 3. The fraction of sp³-hybridized carbons (Fsp3) is 0.743. The largest absolute Gasteiger partial charge is 0.544 e. The molecule has 8 heteroatoms. The number of carbonyl (C=O) groups excluding carboxylic acids is 3. The first-order valence-corrected chi connectivity index (χ1v) is 16.5. The van der Waals surface area contributed by atoms with E-state index in [-0.39, 0.29) is 49.1 Å². The van der Waals surface area contributed by atoms with Crippen molar-refractivity contribution in [3.8, 4) is 0 Å². The molecule has 0 saturated carbocycles. The summed E-state index contributed by atoms with van der Waals surface area (Å²) >= 11 is 0. The number of carboxylic acid groups (broad SMARTS) is 1. The maximum absolute atomic E-state index is 12.5. The summed E-state index contributed by atoms with van der Waals surface area (Å²) in [6.07, 6.45) is 26.2. The number of nitrogens with zero attached hydrogens (tertiary/aromatic N) is 1. The SMILES string of the molecule is CC/C=C/C/C=C/C/C=C/CCCC(=O)OC(COCCC(C(=O)[O-])[N+](C)(C)C)COC(=O)CCCCCCCCCC. The third kappa shape index (κ3) is 25.7. The zero-order valence-electron chi connectivity index (χ0n) is 27.9. The molecular weight excluding hydrogens is 546 g/mol. The number of hydrogen-bond donors (Lipinski definition) is 0. The van der Waals surface area contributed by atoms with Crippen LogP contribution in [0.25, 0.3) is 0 Å². The second-order valence-electron chi connectivity index (χ2n) is 12.0. The summed E-state index contributed by atoms with van der Waals surface area (Å²) in [6.45, 7) is 4.41. The van der Waals surface area contributed by atoms with Crippen LogP contribution in [0.1, 0.15) is 117 Å². The molecule has 0 aliphatic carbocycles. The Morgan fingerprint density at radius 3 is 1.91 bits per heavy atom. The van der Waals surface area contributed by atoms with Gasteiger partial charge in [0, 0.05) is 19.3 Å². The van der Waals surface area contributed by atoms with Crippen molar-refractivity contribution in [1.29, 1.82) is 0 Å². The molecule has 0 aromatic heterocycles. The number of carboxylic acids is 1. The Labute approximate surface area is 262 Å². The van der Waals surface area contributed by atoms with Gasteiger partial charge in [-0.05, 0) is 38.5 Å². The van der Waals surface area contributed by atoms with Crippen LogP contribution in [0.2, 0.25) is 0 Å². The van der Waals surface area contributed by atoms with E-state index in [4.69, 9.17) is 14.2 Å². The van der Waals surface area contributed by atoms with E-state index >= 15 is 0 Å². The van der Waals surface area contributed by atoms with Crippen molar-refractivity contribution in [2.45, 2.75) is 129 Å². The van der Waals surface area contributed by atoms with Crippen LogP contribution in [0.4, 0.5) is 0 Å². The molecule has 0 amide bonds. The van der Waals surface area contributed by atoms with Crippen molar-refractivity contribution in [3.05, 3.63) is 36.5 Å². The van der Waals surface area contributed by atoms with Crippen LogP contribution in [0.3, 0.4) is 0 Å². The molecule has 0 N–H and O–H groups in total. The third-order valence-electron chi connectivity index (χ3n) is 7.04. The molecule has 0 bridgehead atoms. The van der Waals surface area contributed by atoms with Gasteiger partial charge in [-0.25, -0.2) is 0 Å². The standard InChI is InChI=1S/C35H61NO7/c1-6-8-10-12-14-16-17-18-20-22-24-26-34(38)43-31(29-41-28-27-32(35(39)40)36(3,4)5)30-42-33(37)25-23-21-19-15-13-11-9-7-2/h8,10,14,16,18,20,31-32H,6-7,9,11-13,15,17,19,21-30H2,1-5H3/b10-8+,16-14+,20-18+. The maximum atomic E-state index is 12.5. The van der Waals surface area contributed by atoms with Gasteiger partial charge in [-0.15, -0.1) is 0 Å². The van der Waals surface area contributed by atoms with Gasteiger partial charge >= 0.3 is 11.9 Å². The lowest BCUT2D eigenvalue weighted by Gasteiger charge is -2.34. The molecule has 0 spiro atoms. The molecule has 2 atom stereocenters. The summed E-state index contributed by atoms with van der Waals surface area (Å²) in [4.78, 5) is 36.3. The van der Waals surface area contributed by atoms with Crippen LogP contribution in [0.5, 0.6) is 0 Å². The minimum absolute atomic E-state index is 0.0212. The molecular formula is C35H61NO7. The fourth-order valence-corrected chi connectivity index (χ4v) is 4.44. The normalized spacial score (nSPS) is 13.6. The lowest BCUT2D eigenvalue weighted by Crippen LogP contribution is -2.55. The molecule has 248 valence electrons. The van der Waals surface area contributed by atoms with Crippen LogP contribution in [-0.2, 0) is 28.6 Å². The predicted molar refractivity (Wildman–Crippen MR) is 171 cm³/mol. The van der Waals surface area contributed by atoms with Crippen LogP contribution < -0.4 is 5.11 Å². The Morgan fingerprint density at radius 2 is 1.30 bits per heavy atom. The Kier molecular flexibility index (Phi) is 25.6. The van der Waals surface area contributed by atoms with E-state index in [0.717, 1.165) is 44.9 Å². The van der Waals surface area contributed by atoms with Crippen molar-refractivity contribution < 1.29 is 38.2 Å². The second kappa shape index (κ2) is 27.1. The quantitative estimate of drug-likeness (QED) is 0.0450. The lowest BCUT2D eigenvalue weighted by molar-refractivity contribution is -0.889. The zero-order valence-corrected chi connectivity index (χ0v) is 27.9. The van der Waals surface area contributed by atoms with E-state index in [1.54, 1.807) is 21.1 Å². The number of allylic oxidation sites excluding steroid dienone is 6. The molecule has 0 radical (unpaired) electrons. The second-order valence-corrected chi connectivity index (χ2v) is 12.0. The highest BCUT2D eigenvalue weighted by atomic mass is 16.6. The first kappa shape index (κ1) is 40.5. The van der Waals surface area contributed by atoms with Crippen molar-refractivity contribution in [1.82, 2.24) is 0 Å². The highest BCUT2D eigenvalue weighted by Gasteiger charge is 2.25. The molecule has 0 aliphatic rings. The van der Waals surface area contributed by atoms with Gasteiger partial charge in [0.05, 0.1) is 40.3 Å². The third-order valence-corrected chi connectivity index (χ3v) is 7.04. The lowest BCUT2D eigenvalue weighted by atomic mass is 10.1. The number of hydrogen-bond acceptors (Lipinski definition) is 7. The molecule has 0 fully saturated rings. The van der Waals surface area contributed by atoms with Crippen LogP contribution >= 0.6 is 0 Å². The summed E-state index contributed by atoms with van der Waals surface area (Å²) in [7, 11) is 5.36. The molecule has 2 unspecified atom stereocenters. The minimum Gasteiger partial charge on any atom is -0.544 e. The highest BCUT2D eigenvalue weighted by molar-refractivity contribution is 5.70. The predicted octanol–water partition coefficient (Wildman–Crippen LogP) is 6.23. The number of likely N-dealkylation sites (N-methyl/N-ethyl adjacent to an activating group) is 1. The van der Waals surface area contributed by atoms with Gasteiger partial charge < -0.3 is 28.6 Å². The first-order chi connectivity index (χ1) is 20.6. The molecule has 0 rings (SSSR count). The summed E-state index contributed by atoms with van der Waals surface area (Å²) in [6, 6.07) is -0.730. The van der Waals surface area contributed by atoms with Crippen molar-refractivity contribution >= 4 is 17.9 Å². The molecule has 43 heavy (non-hydrogen) atoms. The van der Waals surface area contributed by atoms with Crippen molar-refractivity contribution in [3.63, 3.8) is 0 Å². The van der Waals surface area contributed by atoms with E-state index in [1.807, 2.05) is 0 Å². The van der Waals surface area contributed by atoms with Gasteiger partial charge in [0.15, 0.2) is 6.10 Å². The van der Waals surface area contributed by atoms with E-state index in [0.29, 0.717) is 12.8 Å². The smallest absolute Gasteiger partial charge is 0.306 e. The summed E-state index contributed by atoms with van der Waals surface area (Å²) < 4.78 is 16.9. The Hall–Kier alpha value is -2.45. The molecule has 0 saturated heterocycles. The Balaban J connectivity index is 4.59. The average molecular weight is 608 g/mol.